The number of fused-ring (bicyclic) bond motifs is 2. The van der Waals surface area contributed by atoms with Crippen molar-refractivity contribution < 1.29 is 14.2 Å². The van der Waals surface area contributed by atoms with E-state index in [1.807, 2.05) is 52.0 Å². The summed E-state index contributed by atoms with van der Waals surface area (Å²) in [6.45, 7) is 13.0. The molecule has 150 valence electrons. The molecular formula is C22H34N2O3. The summed E-state index contributed by atoms with van der Waals surface area (Å²) in [5.41, 5.74) is 4.78. The largest absolute Gasteiger partial charge is 0.491 e. The lowest BCUT2D eigenvalue weighted by Gasteiger charge is -2.14. The van der Waals surface area contributed by atoms with Gasteiger partial charge in [-0.1, -0.05) is 26.0 Å². The number of aryl methyl sites for hydroxylation is 1. The normalized spacial score (nSPS) is 19.7. The Morgan fingerprint density at radius 3 is 2.48 bits per heavy atom. The van der Waals surface area contributed by atoms with E-state index in [1.165, 1.54) is 0 Å². The minimum atomic E-state index is 0.510. The first-order valence-corrected chi connectivity index (χ1v) is 9.72. The van der Waals surface area contributed by atoms with Gasteiger partial charge in [-0.25, -0.2) is 0 Å². The third kappa shape index (κ3) is 7.65. The van der Waals surface area contributed by atoms with Crippen LogP contribution in [-0.4, -0.2) is 51.5 Å². The standard InChI is InChI=1S/C20H28N2O3.C2H6/c1-5-19-20(21-4)18-13-17(8-7-15(18)2)25-12-11-23-9-6-10-24-14-16(3)22-19;1-2/h5,7-8,13H,6,9-12,14H2,1-4H3;1-2H3/b19-5-,21-20?,22-16?;. The topological polar surface area (TPSA) is 52.4 Å². The number of rotatable bonds is 0. The molecule has 27 heavy (non-hydrogen) atoms. The number of nitrogens with zero attached hydrogens (tertiary/aromatic N) is 2. The molecule has 0 aliphatic carbocycles. The van der Waals surface area contributed by atoms with Crippen LogP contribution < -0.4 is 4.74 Å². The monoisotopic (exact) mass is 374 g/mol. The van der Waals surface area contributed by atoms with Gasteiger partial charge in [0.1, 0.15) is 12.4 Å². The average Bonchev–Trinajstić information content (AvgIpc) is 2.69. The molecule has 2 rings (SSSR count). The molecule has 0 fully saturated rings. The van der Waals surface area contributed by atoms with Gasteiger partial charge < -0.3 is 14.2 Å². The highest BCUT2D eigenvalue weighted by Crippen LogP contribution is 2.22. The molecule has 5 heteroatoms. The number of hydrogen-bond acceptors (Lipinski definition) is 5. The number of ether oxygens (including phenoxy) is 3. The van der Waals surface area contributed by atoms with E-state index in [1.54, 1.807) is 7.05 Å². The fraction of sp³-hybridized carbons (Fsp3) is 0.545. The van der Waals surface area contributed by atoms with Crippen LogP contribution in [0.25, 0.3) is 0 Å². The molecular weight excluding hydrogens is 340 g/mol. The van der Waals surface area contributed by atoms with Crippen molar-refractivity contribution in [3.05, 3.63) is 41.1 Å². The van der Waals surface area contributed by atoms with Gasteiger partial charge >= 0.3 is 0 Å². The van der Waals surface area contributed by atoms with Crippen molar-refractivity contribution in [2.75, 3.05) is 40.1 Å². The van der Waals surface area contributed by atoms with Crippen molar-refractivity contribution in [1.29, 1.82) is 0 Å². The number of allylic oxidation sites excluding steroid dienone is 2. The van der Waals surface area contributed by atoms with Gasteiger partial charge in [0.2, 0.25) is 0 Å². The van der Waals surface area contributed by atoms with Gasteiger partial charge in [0.25, 0.3) is 0 Å². The minimum Gasteiger partial charge on any atom is -0.491 e. The molecule has 0 N–H and O–H groups in total. The molecule has 0 spiro atoms. The summed E-state index contributed by atoms with van der Waals surface area (Å²) in [6, 6.07) is 6.05. The zero-order valence-corrected chi connectivity index (χ0v) is 17.7. The van der Waals surface area contributed by atoms with Gasteiger partial charge in [0.15, 0.2) is 0 Å². The molecule has 0 radical (unpaired) electrons. The SMILES string of the molecule is C/C=C1\N=C(C)COCCCOCCOc2ccc(C)c(c2)C1=NC.CC. The number of hydrogen-bond donors (Lipinski definition) is 0. The smallest absolute Gasteiger partial charge is 0.120 e. The van der Waals surface area contributed by atoms with E-state index in [-0.39, 0.29) is 0 Å². The molecule has 0 aromatic heterocycles. The molecule has 1 aromatic rings. The van der Waals surface area contributed by atoms with Crippen molar-refractivity contribution in [2.24, 2.45) is 9.98 Å². The van der Waals surface area contributed by atoms with Gasteiger partial charge in [-0.15, -0.1) is 0 Å². The molecule has 1 aromatic carbocycles. The lowest BCUT2D eigenvalue weighted by Crippen LogP contribution is -2.13. The number of benzene rings is 1. The van der Waals surface area contributed by atoms with Crippen molar-refractivity contribution in [1.82, 2.24) is 0 Å². The van der Waals surface area contributed by atoms with Gasteiger partial charge in [0, 0.05) is 31.5 Å². The highest BCUT2D eigenvalue weighted by atomic mass is 16.5. The third-order valence-electron chi connectivity index (χ3n) is 3.90. The van der Waals surface area contributed by atoms with Crippen LogP contribution in [-0.2, 0) is 9.47 Å². The van der Waals surface area contributed by atoms with E-state index >= 15 is 0 Å². The highest BCUT2D eigenvalue weighted by Gasteiger charge is 2.13. The second-order valence-corrected chi connectivity index (χ2v) is 5.94. The molecule has 5 nitrogen and oxygen atoms in total. The van der Waals surface area contributed by atoms with Gasteiger partial charge in [0.05, 0.1) is 24.6 Å². The summed E-state index contributed by atoms with van der Waals surface area (Å²) in [5.74, 6) is 0.817. The quantitative estimate of drug-likeness (QED) is 0.666. The van der Waals surface area contributed by atoms with Crippen molar-refractivity contribution >= 4 is 11.4 Å². The summed E-state index contributed by atoms with van der Waals surface area (Å²) in [7, 11) is 1.79. The maximum absolute atomic E-state index is 5.82. The fourth-order valence-corrected chi connectivity index (χ4v) is 2.61. The van der Waals surface area contributed by atoms with E-state index in [2.05, 4.69) is 11.9 Å². The van der Waals surface area contributed by atoms with Crippen LogP contribution in [0.1, 0.15) is 45.2 Å². The van der Waals surface area contributed by atoms with Crippen molar-refractivity contribution in [3.8, 4) is 5.75 Å². The minimum absolute atomic E-state index is 0.510. The van der Waals surface area contributed by atoms with E-state index in [9.17, 15) is 0 Å². The summed E-state index contributed by atoms with van der Waals surface area (Å²) in [4.78, 5) is 9.21. The molecule has 0 saturated heterocycles. The van der Waals surface area contributed by atoms with Crippen LogP contribution >= 0.6 is 0 Å². The maximum Gasteiger partial charge on any atom is 0.120 e. The zero-order valence-electron chi connectivity index (χ0n) is 17.7. The Morgan fingerprint density at radius 1 is 1.04 bits per heavy atom. The highest BCUT2D eigenvalue weighted by molar-refractivity contribution is 6.14. The van der Waals surface area contributed by atoms with Crippen LogP contribution in [0.2, 0.25) is 0 Å². The first-order chi connectivity index (χ1) is 13.2. The Morgan fingerprint density at radius 2 is 1.78 bits per heavy atom. The van der Waals surface area contributed by atoms with Crippen LogP contribution in [0.4, 0.5) is 0 Å². The van der Waals surface area contributed by atoms with Crippen LogP contribution in [0.5, 0.6) is 5.75 Å². The predicted octanol–water partition coefficient (Wildman–Crippen LogP) is 4.62. The van der Waals surface area contributed by atoms with Gasteiger partial charge in [-0.3, -0.25) is 9.98 Å². The second-order valence-electron chi connectivity index (χ2n) is 5.94. The Hall–Kier alpha value is -1.98. The van der Waals surface area contributed by atoms with Crippen LogP contribution in [0.3, 0.4) is 0 Å². The van der Waals surface area contributed by atoms with E-state index in [0.717, 1.165) is 40.4 Å². The molecule has 1 aliphatic rings. The number of aliphatic imine (C=N–C) groups is 2. The van der Waals surface area contributed by atoms with E-state index < -0.39 is 0 Å². The Bertz CT molecular complexity index is 664. The molecule has 1 heterocycles. The summed E-state index contributed by atoms with van der Waals surface area (Å²) < 4.78 is 17.1. The van der Waals surface area contributed by atoms with E-state index in [4.69, 9.17) is 19.2 Å². The maximum atomic E-state index is 5.82. The summed E-state index contributed by atoms with van der Waals surface area (Å²) in [6.07, 6.45) is 2.84. The molecule has 0 unspecified atom stereocenters. The molecule has 0 atom stereocenters. The molecule has 2 bridgehead atoms. The van der Waals surface area contributed by atoms with Crippen molar-refractivity contribution in [2.45, 2.75) is 41.0 Å². The first kappa shape index (κ1) is 23.1. The zero-order chi connectivity index (χ0) is 20.1. The second kappa shape index (κ2) is 13.2. The summed E-state index contributed by atoms with van der Waals surface area (Å²) in [5, 5.41) is 0. The third-order valence-corrected chi connectivity index (χ3v) is 3.90. The van der Waals surface area contributed by atoms with Crippen LogP contribution in [0, 0.1) is 6.92 Å². The first-order valence-electron chi connectivity index (χ1n) is 9.72. The molecule has 0 amide bonds. The lowest BCUT2D eigenvalue weighted by molar-refractivity contribution is 0.0764. The fourth-order valence-electron chi connectivity index (χ4n) is 2.61. The Labute approximate surface area is 164 Å². The van der Waals surface area contributed by atoms with Crippen LogP contribution in [0.15, 0.2) is 40.0 Å². The summed E-state index contributed by atoms with van der Waals surface area (Å²) >= 11 is 0. The van der Waals surface area contributed by atoms with Crippen molar-refractivity contribution in [3.63, 3.8) is 0 Å². The Balaban J connectivity index is 0.00000176. The lowest BCUT2D eigenvalue weighted by atomic mass is 10.0. The predicted molar refractivity (Wildman–Crippen MR) is 114 cm³/mol. The Kier molecular flexibility index (Phi) is 11.3. The molecule has 0 saturated carbocycles. The average molecular weight is 375 g/mol. The van der Waals surface area contributed by atoms with E-state index in [0.29, 0.717) is 33.0 Å². The van der Waals surface area contributed by atoms with Gasteiger partial charge in [-0.2, -0.15) is 0 Å². The van der Waals surface area contributed by atoms with Gasteiger partial charge in [-0.05, 0) is 44.9 Å². The molecule has 1 aliphatic heterocycles.